The van der Waals surface area contributed by atoms with E-state index in [0.717, 1.165) is 12.3 Å². The third-order valence-electron chi connectivity index (χ3n) is 13.9. The Kier molecular flexibility index (Phi) is 6.66. The van der Waals surface area contributed by atoms with Gasteiger partial charge in [-0.2, -0.15) is 0 Å². The Morgan fingerprint density at radius 2 is 1.65 bits per heavy atom. The van der Waals surface area contributed by atoms with Crippen molar-refractivity contribution in [1.29, 1.82) is 0 Å². The number of aliphatic hydroxyl groups is 1. The molecule has 0 aromatic carbocycles. The summed E-state index contributed by atoms with van der Waals surface area (Å²) >= 11 is 0. The van der Waals surface area contributed by atoms with Gasteiger partial charge in [0.15, 0.2) is 0 Å². The molecule has 37 heavy (non-hydrogen) atoms. The first kappa shape index (κ1) is 27.5. The lowest BCUT2D eigenvalue weighted by Gasteiger charge is -2.73. The van der Waals surface area contributed by atoms with Crippen LogP contribution in [0.15, 0.2) is 24.3 Å². The highest BCUT2D eigenvalue weighted by Crippen LogP contribution is 2.77. The van der Waals surface area contributed by atoms with Crippen molar-refractivity contribution < 1.29 is 14.6 Å². The van der Waals surface area contributed by atoms with Crippen LogP contribution in [0.1, 0.15) is 113 Å². The fourth-order valence-corrected chi connectivity index (χ4v) is 11.9. The molecule has 0 aromatic heterocycles. The molecular weight excluding hydrogens is 456 g/mol. The first-order valence-electron chi connectivity index (χ1n) is 15.5. The van der Waals surface area contributed by atoms with E-state index in [1.165, 1.54) is 63.4 Å². The van der Waals surface area contributed by atoms with Gasteiger partial charge in [-0.25, -0.2) is 4.79 Å². The molecule has 5 aliphatic rings. The number of aliphatic hydroxyl groups excluding tert-OH is 1. The number of allylic oxidation sites excluding steroid dienone is 2. The number of rotatable bonds is 4. The van der Waals surface area contributed by atoms with Crippen LogP contribution in [0.25, 0.3) is 0 Å². The van der Waals surface area contributed by atoms with Gasteiger partial charge < -0.3 is 9.84 Å². The Balaban J connectivity index is 1.52. The summed E-state index contributed by atoms with van der Waals surface area (Å²) in [6.45, 7) is 21.7. The molecule has 4 unspecified atom stereocenters. The monoisotopic (exact) mass is 510 g/mol. The highest BCUT2D eigenvalue weighted by molar-refractivity contribution is 5.82. The lowest BCUT2D eigenvalue weighted by molar-refractivity contribution is -0.244. The summed E-state index contributed by atoms with van der Waals surface area (Å²) in [5.74, 6) is 2.92. The highest BCUT2D eigenvalue weighted by atomic mass is 16.5. The van der Waals surface area contributed by atoms with Gasteiger partial charge in [0.05, 0.1) is 12.7 Å². The van der Waals surface area contributed by atoms with E-state index in [1.807, 2.05) is 6.92 Å². The molecule has 0 spiro atoms. The van der Waals surface area contributed by atoms with Crippen LogP contribution in [0.3, 0.4) is 0 Å². The Morgan fingerprint density at radius 3 is 2.32 bits per heavy atom. The van der Waals surface area contributed by atoms with E-state index in [9.17, 15) is 9.90 Å². The summed E-state index contributed by atoms with van der Waals surface area (Å²) in [4.78, 5) is 12.4. The topological polar surface area (TPSA) is 46.5 Å². The highest BCUT2D eigenvalue weighted by Gasteiger charge is 2.70. The molecule has 0 amide bonds. The van der Waals surface area contributed by atoms with E-state index in [1.54, 1.807) is 6.08 Å². The van der Waals surface area contributed by atoms with Crippen LogP contribution in [0.4, 0.5) is 0 Å². The van der Waals surface area contributed by atoms with Crippen LogP contribution in [0.2, 0.25) is 0 Å². The molecule has 208 valence electrons. The fourth-order valence-electron chi connectivity index (χ4n) is 11.9. The van der Waals surface area contributed by atoms with Crippen molar-refractivity contribution in [2.75, 3.05) is 6.61 Å². The van der Waals surface area contributed by atoms with E-state index >= 15 is 0 Å². The summed E-state index contributed by atoms with van der Waals surface area (Å²) in [6, 6.07) is 0. The predicted molar refractivity (Wildman–Crippen MR) is 151 cm³/mol. The predicted octanol–water partition coefficient (Wildman–Crippen LogP) is 8.12. The second-order valence-corrected chi connectivity index (χ2v) is 15.4. The van der Waals surface area contributed by atoms with E-state index in [4.69, 9.17) is 4.74 Å². The van der Waals surface area contributed by atoms with Gasteiger partial charge in [-0.05, 0) is 135 Å². The molecule has 5 fully saturated rings. The average molecular weight is 511 g/mol. The molecule has 0 radical (unpaired) electrons. The SMILES string of the molecule is C=C(C)[C@@H]1CC[C@]2(/C=C/C(=O)OCC)CC[C@]3(C)C(CCC4[C@@]5(C)CC[C@H](O)C(C)(C)C5CC[C@]43C)C12. The third-order valence-corrected chi connectivity index (χ3v) is 13.9. The summed E-state index contributed by atoms with van der Waals surface area (Å²) in [5.41, 5.74) is 2.37. The number of esters is 1. The molecule has 0 aliphatic heterocycles. The summed E-state index contributed by atoms with van der Waals surface area (Å²) < 4.78 is 5.29. The molecule has 5 aliphatic carbocycles. The van der Waals surface area contributed by atoms with Gasteiger partial charge in [0.2, 0.25) is 0 Å². The van der Waals surface area contributed by atoms with Crippen LogP contribution < -0.4 is 0 Å². The molecule has 0 aromatic rings. The van der Waals surface area contributed by atoms with Crippen molar-refractivity contribution in [1.82, 2.24) is 0 Å². The van der Waals surface area contributed by atoms with Crippen LogP contribution in [0.5, 0.6) is 0 Å². The minimum Gasteiger partial charge on any atom is -0.463 e. The first-order valence-corrected chi connectivity index (χ1v) is 15.5. The van der Waals surface area contributed by atoms with Crippen LogP contribution in [0, 0.1) is 56.7 Å². The maximum atomic E-state index is 12.4. The van der Waals surface area contributed by atoms with Gasteiger partial charge in [0.1, 0.15) is 0 Å². The summed E-state index contributed by atoms with van der Waals surface area (Å²) in [5, 5.41) is 11.0. The van der Waals surface area contributed by atoms with Crippen molar-refractivity contribution in [2.45, 2.75) is 119 Å². The minimum atomic E-state index is -0.188. The molecule has 3 nitrogen and oxygen atoms in total. The van der Waals surface area contributed by atoms with Gasteiger partial charge in [0.25, 0.3) is 0 Å². The molecule has 10 atom stereocenters. The summed E-state index contributed by atoms with van der Waals surface area (Å²) in [6.07, 6.45) is 16.0. The van der Waals surface area contributed by atoms with Crippen molar-refractivity contribution in [3.05, 3.63) is 24.3 Å². The fraction of sp³-hybridized carbons (Fsp3) is 0.853. The standard InChI is InChI=1S/C34H54O3/c1-9-37-28(36)15-19-34-18-12-23(22(2)3)29(34)24-10-11-26-31(6)16-14-27(35)30(4,5)25(31)13-17-33(26,8)32(24,7)20-21-34/h15,19,23-27,29,35H,2,9-14,16-18,20-21H2,1,3-8H3/b19-15+/t23-,24?,25?,26?,27-,29?,31-,32+,33+,34-/m0/s1. The number of hydrogen-bond acceptors (Lipinski definition) is 3. The van der Waals surface area contributed by atoms with Crippen molar-refractivity contribution in [3.8, 4) is 0 Å². The van der Waals surface area contributed by atoms with E-state index in [0.29, 0.717) is 46.5 Å². The number of fused-ring (bicyclic) bond motifs is 7. The Bertz CT molecular complexity index is 964. The van der Waals surface area contributed by atoms with Crippen molar-refractivity contribution in [3.63, 3.8) is 0 Å². The zero-order chi connectivity index (χ0) is 27.0. The largest absolute Gasteiger partial charge is 0.463 e. The lowest BCUT2D eigenvalue weighted by atomic mass is 9.32. The zero-order valence-electron chi connectivity index (χ0n) is 24.9. The van der Waals surface area contributed by atoms with Crippen LogP contribution >= 0.6 is 0 Å². The molecule has 5 saturated carbocycles. The van der Waals surface area contributed by atoms with E-state index in [2.05, 4.69) is 54.2 Å². The normalized spacial score (nSPS) is 50.5. The minimum absolute atomic E-state index is 0.00218. The quantitative estimate of drug-likeness (QED) is 0.236. The number of hydrogen-bond donors (Lipinski definition) is 1. The number of carbonyl (C=O) groups excluding carboxylic acids is 1. The molecule has 0 saturated heterocycles. The molecule has 3 heteroatoms. The van der Waals surface area contributed by atoms with E-state index in [-0.39, 0.29) is 22.9 Å². The molecular formula is C34H54O3. The summed E-state index contributed by atoms with van der Waals surface area (Å²) in [7, 11) is 0. The molecule has 1 N–H and O–H groups in total. The second-order valence-electron chi connectivity index (χ2n) is 15.4. The lowest BCUT2D eigenvalue weighted by Crippen LogP contribution is -2.66. The van der Waals surface area contributed by atoms with Gasteiger partial charge in [-0.15, -0.1) is 0 Å². The molecule has 0 heterocycles. The van der Waals surface area contributed by atoms with Gasteiger partial charge in [-0.1, -0.05) is 52.8 Å². The second kappa shape index (κ2) is 8.97. The Hall–Kier alpha value is -1.09. The third kappa shape index (κ3) is 3.71. The zero-order valence-corrected chi connectivity index (χ0v) is 24.9. The van der Waals surface area contributed by atoms with Gasteiger partial charge >= 0.3 is 5.97 Å². The van der Waals surface area contributed by atoms with Crippen molar-refractivity contribution >= 4 is 5.97 Å². The van der Waals surface area contributed by atoms with Crippen LogP contribution in [-0.4, -0.2) is 23.8 Å². The maximum absolute atomic E-state index is 12.4. The maximum Gasteiger partial charge on any atom is 0.330 e. The number of ether oxygens (including phenoxy) is 1. The number of carbonyl (C=O) groups is 1. The van der Waals surface area contributed by atoms with Crippen molar-refractivity contribution in [2.24, 2.45) is 56.7 Å². The average Bonchev–Trinajstić information content (AvgIpc) is 3.21. The Labute approximate surface area is 226 Å². The van der Waals surface area contributed by atoms with E-state index < -0.39 is 0 Å². The first-order chi connectivity index (χ1) is 17.3. The molecule has 5 rings (SSSR count). The van der Waals surface area contributed by atoms with Gasteiger partial charge in [0, 0.05) is 6.08 Å². The molecule has 0 bridgehead atoms. The Morgan fingerprint density at radius 1 is 0.919 bits per heavy atom. The smallest absolute Gasteiger partial charge is 0.330 e. The van der Waals surface area contributed by atoms with Crippen LogP contribution in [-0.2, 0) is 9.53 Å². The van der Waals surface area contributed by atoms with Gasteiger partial charge in [-0.3, -0.25) is 0 Å².